The van der Waals surface area contributed by atoms with Crippen molar-refractivity contribution in [2.24, 2.45) is 28.2 Å². The molecule has 10 nitrogen and oxygen atoms in total. The highest BCUT2D eigenvalue weighted by molar-refractivity contribution is 6.35. The van der Waals surface area contributed by atoms with Crippen LogP contribution in [0, 0.1) is 23.2 Å². The molecule has 0 radical (unpaired) electrons. The van der Waals surface area contributed by atoms with E-state index in [0.29, 0.717) is 75.5 Å². The van der Waals surface area contributed by atoms with Crippen LogP contribution in [0.2, 0.25) is 10.0 Å². The molecule has 2 aliphatic heterocycles. The largest absolute Gasteiger partial charge is 0.350 e. The zero-order chi connectivity index (χ0) is 34.6. The maximum Gasteiger partial charge on any atom is 0.262 e. The van der Waals surface area contributed by atoms with Gasteiger partial charge in [-0.05, 0) is 92.3 Å². The van der Waals surface area contributed by atoms with Gasteiger partial charge in [-0.15, -0.1) is 0 Å². The van der Waals surface area contributed by atoms with E-state index >= 15 is 0 Å². The van der Waals surface area contributed by atoms with Gasteiger partial charge in [0.25, 0.3) is 5.56 Å². The van der Waals surface area contributed by atoms with Gasteiger partial charge in [0.15, 0.2) is 5.96 Å². The molecule has 2 aromatic carbocycles. The van der Waals surface area contributed by atoms with Crippen LogP contribution in [0.25, 0.3) is 10.9 Å². The summed E-state index contributed by atoms with van der Waals surface area (Å²) < 4.78 is 1.80. The number of hydrogen-bond acceptors (Lipinski definition) is 6. The number of benzene rings is 2. The maximum absolute atomic E-state index is 14.2. The molecule has 49 heavy (non-hydrogen) atoms. The van der Waals surface area contributed by atoms with Crippen molar-refractivity contribution < 1.29 is 4.79 Å². The number of fused-ring (bicyclic) bond motifs is 3. The molecule has 2 bridgehead atoms. The van der Waals surface area contributed by atoms with E-state index in [2.05, 4.69) is 53.2 Å². The third-order valence-electron chi connectivity index (χ3n) is 11.7. The molecule has 3 heterocycles. The number of halogens is 2. The second-order valence-corrected chi connectivity index (χ2v) is 16.2. The van der Waals surface area contributed by atoms with E-state index in [1.165, 1.54) is 6.42 Å². The van der Waals surface area contributed by atoms with Crippen molar-refractivity contribution in [2.45, 2.75) is 65.6 Å². The van der Waals surface area contributed by atoms with Crippen LogP contribution in [0.3, 0.4) is 0 Å². The van der Waals surface area contributed by atoms with Crippen LogP contribution in [-0.4, -0.2) is 89.6 Å². The van der Waals surface area contributed by atoms with Crippen molar-refractivity contribution in [1.29, 1.82) is 0 Å². The van der Waals surface area contributed by atoms with Gasteiger partial charge in [0.1, 0.15) is 0 Å². The van der Waals surface area contributed by atoms with Crippen molar-refractivity contribution in [3.8, 4) is 0 Å². The van der Waals surface area contributed by atoms with Crippen molar-refractivity contribution in [3.63, 3.8) is 0 Å². The molecule has 0 spiro atoms. The summed E-state index contributed by atoms with van der Waals surface area (Å²) in [4.78, 5) is 43.9. The average molecular weight is 708 g/mol. The summed E-state index contributed by atoms with van der Waals surface area (Å²) in [5.41, 5.74) is 2.63. The van der Waals surface area contributed by atoms with E-state index in [-0.39, 0.29) is 30.1 Å². The summed E-state index contributed by atoms with van der Waals surface area (Å²) in [6.45, 7) is 13.8. The van der Waals surface area contributed by atoms with E-state index < -0.39 is 0 Å². The number of aromatic nitrogens is 2. The summed E-state index contributed by atoms with van der Waals surface area (Å²) in [6.07, 6.45) is 2.91. The number of carbonyl (C=O) groups excluding carboxylic acids is 1. The molecular weight excluding hydrogens is 659 g/mol. The van der Waals surface area contributed by atoms with Crippen LogP contribution < -0.4 is 21.1 Å². The second kappa shape index (κ2) is 13.4. The fourth-order valence-corrected chi connectivity index (χ4v) is 9.06. The highest BCUT2D eigenvalue weighted by atomic mass is 35.5. The summed E-state index contributed by atoms with van der Waals surface area (Å²) in [5, 5.41) is 8.36. The minimum atomic E-state index is -0.0798. The van der Waals surface area contributed by atoms with Crippen LogP contribution in [0.15, 0.2) is 46.2 Å². The SMILES string of the molecule is C[C@H]1[C@@H](N=C(Nc2ccc3c(=O)n(CCc4ccc(Cl)cc4Cl)c(N4CCN(C)CC4)nc3c2)N2CC(=O)N[C@@H](C)C2)C[C@H]2C[C@H]1C2(C)C. The highest BCUT2D eigenvalue weighted by Crippen LogP contribution is 2.61. The minimum Gasteiger partial charge on any atom is -0.350 e. The summed E-state index contributed by atoms with van der Waals surface area (Å²) >= 11 is 12.7. The molecular formula is C37H48Cl2N8O2. The van der Waals surface area contributed by atoms with Crippen LogP contribution >= 0.6 is 23.2 Å². The summed E-state index contributed by atoms with van der Waals surface area (Å²) in [5.74, 6) is 3.15. The van der Waals surface area contributed by atoms with Crippen molar-refractivity contribution >= 4 is 57.6 Å². The zero-order valence-electron chi connectivity index (χ0n) is 29.2. The van der Waals surface area contributed by atoms with Crippen molar-refractivity contribution in [1.82, 2.24) is 24.7 Å². The maximum atomic E-state index is 14.2. The topological polar surface area (TPSA) is 98.1 Å². The quantitative estimate of drug-likeness (QED) is 0.263. The number of anilines is 2. The first-order valence-corrected chi connectivity index (χ1v) is 18.4. The van der Waals surface area contributed by atoms with E-state index in [0.717, 1.165) is 43.9 Å². The first-order chi connectivity index (χ1) is 23.4. The van der Waals surface area contributed by atoms with Gasteiger partial charge in [0.05, 0.1) is 23.5 Å². The van der Waals surface area contributed by atoms with Gasteiger partial charge in [-0.25, -0.2) is 9.98 Å². The Bertz CT molecular complexity index is 1830. The molecule has 5 aliphatic rings. The Morgan fingerprint density at radius 2 is 1.84 bits per heavy atom. The smallest absolute Gasteiger partial charge is 0.262 e. The number of piperazine rings is 2. The molecule has 5 atom stereocenters. The number of hydrogen-bond donors (Lipinski definition) is 2. The van der Waals surface area contributed by atoms with Crippen LogP contribution in [-0.2, 0) is 17.8 Å². The molecule has 3 saturated carbocycles. The molecule has 1 aromatic heterocycles. The molecule has 0 unspecified atom stereocenters. The lowest BCUT2D eigenvalue weighted by Gasteiger charge is -2.61. The molecule has 3 aromatic rings. The Morgan fingerprint density at radius 1 is 1.06 bits per heavy atom. The van der Waals surface area contributed by atoms with Crippen LogP contribution in [0.5, 0.6) is 0 Å². The van der Waals surface area contributed by atoms with E-state index in [1.54, 1.807) is 10.6 Å². The molecule has 2 N–H and O–H groups in total. The molecule has 2 saturated heterocycles. The predicted molar refractivity (Wildman–Crippen MR) is 199 cm³/mol. The summed E-state index contributed by atoms with van der Waals surface area (Å²) in [7, 11) is 2.11. The fourth-order valence-electron chi connectivity index (χ4n) is 8.56. The number of likely N-dealkylation sites (N-methyl/N-ethyl adjacent to an activating group) is 1. The molecule has 1 amide bonds. The zero-order valence-corrected chi connectivity index (χ0v) is 30.7. The second-order valence-electron chi connectivity index (χ2n) is 15.3. The van der Waals surface area contributed by atoms with Gasteiger partial charge in [-0.3, -0.25) is 14.2 Å². The molecule has 262 valence electrons. The Kier molecular flexibility index (Phi) is 9.34. The Hall–Kier alpha value is -3.34. The number of aryl methyl sites for hydroxylation is 1. The number of amides is 1. The minimum absolute atomic E-state index is 0.00800. The standard InChI is InChI=1S/C37H48Cl2N8O2/c1-22-20-46(21-33(48)40-22)35(42-31-17-25-16-29(23(31)2)37(25,3)4)41-27-8-9-28-32(19-27)43-36(45-14-12-44(5)13-15-45)47(34(28)49)11-10-24-6-7-26(38)18-30(24)39/h6-9,18-19,22-23,25,29,31H,10-17,20-21H2,1-5H3,(H,40,48)(H,41,42)/t22-,23+,25+,29+,31-/m0/s1. The van der Waals surface area contributed by atoms with E-state index in [9.17, 15) is 9.59 Å². The highest BCUT2D eigenvalue weighted by Gasteiger charge is 2.56. The predicted octanol–water partition coefficient (Wildman–Crippen LogP) is 5.36. The average Bonchev–Trinajstić information content (AvgIpc) is 3.05. The van der Waals surface area contributed by atoms with Gasteiger partial charge in [-0.2, -0.15) is 0 Å². The fraction of sp³-hybridized carbons (Fsp3) is 0.568. The third-order valence-corrected chi connectivity index (χ3v) is 12.3. The summed E-state index contributed by atoms with van der Waals surface area (Å²) in [6, 6.07) is 11.4. The van der Waals surface area contributed by atoms with Crippen molar-refractivity contribution in [3.05, 3.63) is 62.4 Å². The lowest BCUT2D eigenvalue weighted by molar-refractivity contribution is -0.124. The van der Waals surface area contributed by atoms with Gasteiger partial charge < -0.3 is 25.3 Å². The van der Waals surface area contributed by atoms with E-state index in [1.807, 2.05) is 37.3 Å². The molecule has 3 aliphatic carbocycles. The number of aliphatic imine (C=N–C) groups is 1. The molecule has 8 rings (SSSR count). The van der Waals surface area contributed by atoms with Gasteiger partial charge >= 0.3 is 0 Å². The first-order valence-electron chi connectivity index (χ1n) is 17.7. The lowest BCUT2D eigenvalue weighted by atomic mass is 9.45. The van der Waals surface area contributed by atoms with E-state index in [4.69, 9.17) is 33.2 Å². The first kappa shape index (κ1) is 34.1. The third kappa shape index (κ3) is 6.76. The Balaban J connectivity index is 1.23. The molecule has 5 fully saturated rings. The Labute approximate surface area is 298 Å². The normalized spacial score (nSPS) is 27.2. The number of nitrogens with zero attached hydrogens (tertiary/aromatic N) is 6. The lowest BCUT2D eigenvalue weighted by Crippen LogP contribution is -2.58. The van der Waals surface area contributed by atoms with Gasteiger partial charge in [-0.1, -0.05) is 50.0 Å². The van der Waals surface area contributed by atoms with Crippen LogP contribution in [0.1, 0.15) is 46.1 Å². The monoisotopic (exact) mass is 706 g/mol. The molecule has 12 heteroatoms. The van der Waals surface area contributed by atoms with Gasteiger partial charge in [0, 0.05) is 61.0 Å². The Morgan fingerprint density at radius 3 is 2.53 bits per heavy atom. The number of nitrogens with one attached hydrogen (secondary N) is 2. The number of guanidine groups is 1. The number of rotatable bonds is 6. The van der Waals surface area contributed by atoms with Crippen LogP contribution in [0.4, 0.5) is 11.6 Å². The van der Waals surface area contributed by atoms with Gasteiger partial charge in [0.2, 0.25) is 11.9 Å². The van der Waals surface area contributed by atoms with Crippen molar-refractivity contribution in [2.75, 3.05) is 56.5 Å². The number of carbonyl (C=O) groups is 1.